The number of rotatable bonds is 4. The Labute approximate surface area is 69.2 Å². The van der Waals surface area contributed by atoms with Crippen molar-refractivity contribution in [3.63, 3.8) is 0 Å². The van der Waals surface area contributed by atoms with Crippen LogP contribution in [0.4, 0.5) is 0 Å². The van der Waals surface area contributed by atoms with Gasteiger partial charge in [0, 0.05) is 6.04 Å². The first kappa shape index (κ1) is 8.54. The smallest absolute Gasteiger partial charge is 0.0250 e. The summed E-state index contributed by atoms with van der Waals surface area (Å²) in [6, 6.07) is 0.628. The molecule has 1 atom stereocenters. The predicted molar refractivity (Wildman–Crippen MR) is 49.6 cm³/mol. The van der Waals surface area contributed by atoms with Gasteiger partial charge in [-0.1, -0.05) is 18.2 Å². The highest BCUT2D eigenvalue weighted by Crippen LogP contribution is 2.09. The highest BCUT2D eigenvalue weighted by molar-refractivity contribution is 4.97. The van der Waals surface area contributed by atoms with Gasteiger partial charge >= 0.3 is 0 Å². The Bertz CT molecular complexity index is 138. The zero-order valence-corrected chi connectivity index (χ0v) is 7.05. The molecule has 1 aliphatic rings. The molecule has 0 bridgehead atoms. The second-order valence-corrected chi connectivity index (χ2v) is 3.00. The molecule has 0 heterocycles. The fraction of sp³-hybridized carbons (Fsp3) is 0.600. The summed E-state index contributed by atoms with van der Waals surface area (Å²) in [6.07, 6.45) is 11.5. The van der Waals surface area contributed by atoms with Crippen molar-refractivity contribution in [2.24, 2.45) is 0 Å². The van der Waals surface area contributed by atoms with Crippen LogP contribution < -0.4 is 5.32 Å². The van der Waals surface area contributed by atoms with E-state index in [0.29, 0.717) is 6.04 Å². The van der Waals surface area contributed by atoms with Crippen molar-refractivity contribution in [1.29, 1.82) is 0 Å². The number of allylic oxidation sites excluding steroid dienone is 1. The summed E-state index contributed by atoms with van der Waals surface area (Å²) >= 11 is 0. The first-order valence-electron chi connectivity index (χ1n) is 4.44. The Morgan fingerprint density at radius 2 is 2.55 bits per heavy atom. The molecular weight excluding hydrogens is 134 g/mol. The van der Waals surface area contributed by atoms with Crippen LogP contribution in [-0.4, -0.2) is 12.6 Å². The van der Waals surface area contributed by atoms with Gasteiger partial charge in [0.25, 0.3) is 0 Å². The maximum atomic E-state index is 3.69. The average Bonchev–Trinajstić information content (AvgIpc) is 2.07. The van der Waals surface area contributed by atoms with Gasteiger partial charge in [-0.2, -0.15) is 0 Å². The third kappa shape index (κ3) is 3.38. The topological polar surface area (TPSA) is 12.0 Å². The van der Waals surface area contributed by atoms with Crippen LogP contribution in [0.1, 0.15) is 25.7 Å². The molecule has 0 saturated carbocycles. The molecule has 0 amide bonds. The Kier molecular flexibility index (Phi) is 3.99. The van der Waals surface area contributed by atoms with E-state index in [9.17, 15) is 0 Å². The SMILES string of the molecule is C=CCCNC1C=CCCC1. The van der Waals surface area contributed by atoms with Gasteiger partial charge < -0.3 is 5.32 Å². The first-order valence-corrected chi connectivity index (χ1v) is 4.44. The molecule has 1 unspecified atom stereocenters. The highest BCUT2D eigenvalue weighted by atomic mass is 14.9. The van der Waals surface area contributed by atoms with E-state index in [-0.39, 0.29) is 0 Å². The molecule has 1 rings (SSSR count). The van der Waals surface area contributed by atoms with Crippen molar-refractivity contribution < 1.29 is 0 Å². The van der Waals surface area contributed by atoms with Crippen LogP contribution in [0.15, 0.2) is 24.8 Å². The van der Waals surface area contributed by atoms with Crippen molar-refractivity contribution in [3.05, 3.63) is 24.8 Å². The van der Waals surface area contributed by atoms with Gasteiger partial charge in [-0.05, 0) is 32.2 Å². The van der Waals surface area contributed by atoms with Crippen LogP contribution in [0.5, 0.6) is 0 Å². The summed E-state index contributed by atoms with van der Waals surface area (Å²) in [6.45, 7) is 4.75. The van der Waals surface area contributed by atoms with Crippen LogP contribution in [0.25, 0.3) is 0 Å². The highest BCUT2D eigenvalue weighted by Gasteiger charge is 2.05. The van der Waals surface area contributed by atoms with E-state index in [4.69, 9.17) is 0 Å². The molecule has 11 heavy (non-hydrogen) atoms. The van der Waals surface area contributed by atoms with Crippen LogP contribution in [0.2, 0.25) is 0 Å². The lowest BCUT2D eigenvalue weighted by molar-refractivity contribution is 0.528. The number of hydrogen-bond acceptors (Lipinski definition) is 1. The van der Waals surface area contributed by atoms with Crippen molar-refractivity contribution in [2.75, 3.05) is 6.54 Å². The molecular formula is C10H17N. The molecule has 0 spiro atoms. The normalized spacial score (nSPS) is 23.5. The standard InChI is InChI=1S/C10H17N/c1-2-3-9-11-10-7-5-4-6-8-10/h2,5,7,10-11H,1,3-4,6,8-9H2. The van der Waals surface area contributed by atoms with E-state index in [1.165, 1.54) is 19.3 Å². The Balaban J connectivity index is 2.09. The van der Waals surface area contributed by atoms with Gasteiger partial charge in [-0.15, -0.1) is 6.58 Å². The number of hydrogen-bond donors (Lipinski definition) is 1. The van der Waals surface area contributed by atoms with E-state index < -0.39 is 0 Å². The van der Waals surface area contributed by atoms with Gasteiger partial charge in [0.05, 0.1) is 0 Å². The van der Waals surface area contributed by atoms with Gasteiger partial charge in [-0.25, -0.2) is 0 Å². The van der Waals surface area contributed by atoms with E-state index in [0.717, 1.165) is 13.0 Å². The second-order valence-electron chi connectivity index (χ2n) is 3.00. The molecule has 1 heteroatoms. The van der Waals surface area contributed by atoms with Crippen LogP contribution in [-0.2, 0) is 0 Å². The minimum atomic E-state index is 0.628. The van der Waals surface area contributed by atoms with Crippen LogP contribution in [0.3, 0.4) is 0 Å². The monoisotopic (exact) mass is 151 g/mol. The van der Waals surface area contributed by atoms with Crippen LogP contribution >= 0.6 is 0 Å². The lowest BCUT2D eigenvalue weighted by atomic mass is 10.0. The lowest BCUT2D eigenvalue weighted by Crippen LogP contribution is -2.28. The summed E-state index contributed by atoms with van der Waals surface area (Å²) in [4.78, 5) is 0. The lowest BCUT2D eigenvalue weighted by Gasteiger charge is -2.17. The van der Waals surface area contributed by atoms with Gasteiger partial charge in [0.15, 0.2) is 0 Å². The average molecular weight is 151 g/mol. The third-order valence-corrected chi connectivity index (χ3v) is 2.01. The summed E-state index contributed by atoms with van der Waals surface area (Å²) in [7, 11) is 0. The van der Waals surface area contributed by atoms with E-state index in [1.54, 1.807) is 0 Å². The fourth-order valence-corrected chi connectivity index (χ4v) is 1.35. The second kappa shape index (κ2) is 5.14. The zero-order valence-electron chi connectivity index (χ0n) is 7.05. The van der Waals surface area contributed by atoms with E-state index >= 15 is 0 Å². The molecule has 1 N–H and O–H groups in total. The molecule has 0 aromatic rings. The Morgan fingerprint density at radius 1 is 1.64 bits per heavy atom. The summed E-state index contributed by atoms with van der Waals surface area (Å²) in [5.74, 6) is 0. The molecule has 0 aromatic carbocycles. The summed E-state index contributed by atoms with van der Waals surface area (Å²) in [5, 5.41) is 3.46. The minimum Gasteiger partial charge on any atom is -0.310 e. The molecule has 62 valence electrons. The maximum absolute atomic E-state index is 3.69. The zero-order chi connectivity index (χ0) is 7.94. The molecule has 1 nitrogen and oxygen atoms in total. The molecule has 0 saturated heterocycles. The largest absolute Gasteiger partial charge is 0.310 e. The summed E-state index contributed by atoms with van der Waals surface area (Å²) in [5.41, 5.74) is 0. The Morgan fingerprint density at radius 3 is 3.18 bits per heavy atom. The first-order chi connectivity index (χ1) is 5.43. The third-order valence-electron chi connectivity index (χ3n) is 2.01. The van der Waals surface area contributed by atoms with Crippen LogP contribution in [0, 0.1) is 0 Å². The van der Waals surface area contributed by atoms with E-state index in [2.05, 4.69) is 24.0 Å². The number of nitrogens with one attached hydrogen (secondary N) is 1. The van der Waals surface area contributed by atoms with Crippen molar-refractivity contribution in [1.82, 2.24) is 5.32 Å². The molecule has 0 radical (unpaired) electrons. The molecule has 1 aliphatic carbocycles. The summed E-state index contributed by atoms with van der Waals surface area (Å²) < 4.78 is 0. The predicted octanol–water partition coefficient (Wildman–Crippen LogP) is 2.26. The van der Waals surface area contributed by atoms with Gasteiger partial charge in [-0.3, -0.25) is 0 Å². The van der Waals surface area contributed by atoms with Crippen molar-refractivity contribution in [3.8, 4) is 0 Å². The molecule has 0 aliphatic heterocycles. The van der Waals surface area contributed by atoms with Crippen molar-refractivity contribution in [2.45, 2.75) is 31.7 Å². The van der Waals surface area contributed by atoms with Crippen molar-refractivity contribution >= 4 is 0 Å². The maximum Gasteiger partial charge on any atom is 0.0250 e. The molecule has 0 aromatic heterocycles. The Hall–Kier alpha value is -0.560. The minimum absolute atomic E-state index is 0.628. The van der Waals surface area contributed by atoms with Gasteiger partial charge in [0.1, 0.15) is 0 Å². The van der Waals surface area contributed by atoms with E-state index in [1.807, 2.05) is 6.08 Å². The quantitative estimate of drug-likeness (QED) is 0.480. The molecule has 0 fully saturated rings. The fourth-order valence-electron chi connectivity index (χ4n) is 1.35. The van der Waals surface area contributed by atoms with Gasteiger partial charge in [0.2, 0.25) is 0 Å².